The van der Waals surface area contributed by atoms with E-state index < -0.39 is 12.1 Å². The molecule has 1 fully saturated rings. The fraction of sp³-hybridized carbons (Fsp3) is 0.269. The van der Waals surface area contributed by atoms with Gasteiger partial charge in [0, 0.05) is 24.0 Å². The van der Waals surface area contributed by atoms with Crippen LogP contribution in [0.2, 0.25) is 0 Å². The van der Waals surface area contributed by atoms with Crippen LogP contribution in [0, 0.1) is 0 Å². The van der Waals surface area contributed by atoms with Crippen LogP contribution in [0.5, 0.6) is 0 Å². The maximum absolute atomic E-state index is 12.2. The van der Waals surface area contributed by atoms with Gasteiger partial charge in [-0.1, -0.05) is 59.8 Å². The van der Waals surface area contributed by atoms with Gasteiger partial charge in [-0.3, -0.25) is 4.90 Å². The summed E-state index contributed by atoms with van der Waals surface area (Å²) in [7, 11) is 0. The minimum absolute atomic E-state index is 0.0299. The molecule has 174 valence electrons. The standard InChI is InChI=1S/C26H26N4O3S/c31-25-14-23(19-8-3-1-4-9-19)29(16-22-12-7-13-34-22)17-24(25)30-15-21(27-28-30)18-33-26(32)20-10-5-2-6-11-20/h1-13,15,23-25,31H,14,16-18H2/t23-,24-,25-/m1/s1. The summed E-state index contributed by atoms with van der Waals surface area (Å²) in [4.78, 5) is 15.9. The van der Waals surface area contributed by atoms with E-state index in [2.05, 4.69) is 44.9 Å². The van der Waals surface area contributed by atoms with Crippen molar-refractivity contribution in [2.24, 2.45) is 0 Å². The highest BCUT2D eigenvalue weighted by Gasteiger charge is 2.37. The highest BCUT2D eigenvalue weighted by atomic mass is 32.1. The molecule has 8 heteroatoms. The number of carbonyl (C=O) groups is 1. The number of likely N-dealkylation sites (tertiary alicyclic amines) is 1. The van der Waals surface area contributed by atoms with Crippen molar-refractivity contribution in [3.05, 3.63) is 106 Å². The number of ether oxygens (including phenoxy) is 1. The lowest BCUT2D eigenvalue weighted by molar-refractivity contribution is -0.0105. The van der Waals surface area contributed by atoms with Crippen molar-refractivity contribution in [2.75, 3.05) is 6.54 Å². The number of esters is 1. The molecular formula is C26H26N4O3S. The highest BCUT2D eigenvalue weighted by Crippen LogP contribution is 2.37. The van der Waals surface area contributed by atoms with E-state index in [-0.39, 0.29) is 18.7 Å². The Hall–Kier alpha value is -3.33. The summed E-state index contributed by atoms with van der Waals surface area (Å²) < 4.78 is 7.09. The molecule has 2 aromatic carbocycles. The molecule has 1 aliphatic rings. The number of aromatic nitrogens is 3. The quantitative estimate of drug-likeness (QED) is 0.404. The van der Waals surface area contributed by atoms with E-state index in [4.69, 9.17) is 4.74 Å². The van der Waals surface area contributed by atoms with Crippen LogP contribution < -0.4 is 0 Å². The molecule has 7 nitrogen and oxygen atoms in total. The van der Waals surface area contributed by atoms with Gasteiger partial charge in [-0.05, 0) is 35.6 Å². The number of rotatable bonds is 7. The summed E-state index contributed by atoms with van der Waals surface area (Å²) >= 11 is 1.74. The molecule has 3 heterocycles. The monoisotopic (exact) mass is 474 g/mol. The van der Waals surface area contributed by atoms with E-state index in [9.17, 15) is 9.90 Å². The average Bonchev–Trinajstić information content (AvgIpc) is 3.57. The van der Waals surface area contributed by atoms with Gasteiger partial charge in [-0.25, -0.2) is 9.48 Å². The number of hydrogen-bond donors (Lipinski definition) is 1. The summed E-state index contributed by atoms with van der Waals surface area (Å²) in [6.45, 7) is 1.46. The second-order valence-corrected chi connectivity index (χ2v) is 9.47. The first kappa shape index (κ1) is 22.5. The molecule has 0 saturated carbocycles. The highest BCUT2D eigenvalue weighted by molar-refractivity contribution is 7.09. The summed E-state index contributed by atoms with van der Waals surface area (Å²) in [6, 6.07) is 23.3. The number of benzene rings is 2. The van der Waals surface area contributed by atoms with Gasteiger partial charge in [0.05, 0.1) is 23.9 Å². The Bertz CT molecular complexity index is 1200. The maximum atomic E-state index is 12.2. The Balaban J connectivity index is 1.30. The fourth-order valence-electron chi connectivity index (χ4n) is 4.42. The molecule has 0 amide bonds. The lowest BCUT2D eigenvalue weighted by Crippen LogP contribution is -2.45. The van der Waals surface area contributed by atoms with Crippen molar-refractivity contribution in [3.63, 3.8) is 0 Å². The predicted octanol–water partition coefficient (Wildman–Crippen LogP) is 4.25. The zero-order valence-electron chi connectivity index (χ0n) is 18.6. The van der Waals surface area contributed by atoms with Gasteiger partial charge in [-0.2, -0.15) is 0 Å². The van der Waals surface area contributed by atoms with Crippen molar-refractivity contribution in [3.8, 4) is 0 Å². The molecule has 0 radical (unpaired) electrons. The van der Waals surface area contributed by atoms with Crippen LogP contribution in [-0.2, 0) is 17.9 Å². The third kappa shape index (κ3) is 5.09. The minimum Gasteiger partial charge on any atom is -0.455 e. The summed E-state index contributed by atoms with van der Waals surface area (Å²) in [5, 5.41) is 21.6. The van der Waals surface area contributed by atoms with Gasteiger partial charge in [0.2, 0.25) is 0 Å². The lowest BCUT2D eigenvalue weighted by atomic mass is 9.90. The maximum Gasteiger partial charge on any atom is 0.338 e. The smallest absolute Gasteiger partial charge is 0.338 e. The van der Waals surface area contributed by atoms with Crippen LogP contribution in [0.15, 0.2) is 84.4 Å². The Labute approximate surface area is 202 Å². The first-order chi connectivity index (χ1) is 16.7. The minimum atomic E-state index is -0.578. The number of hydrogen-bond acceptors (Lipinski definition) is 7. The SMILES string of the molecule is O=C(OCc1cn([C@@H]2CN(Cc3cccs3)[C@@H](c3ccccc3)C[C@H]2O)nn1)c1ccccc1. The van der Waals surface area contributed by atoms with Crippen LogP contribution in [0.4, 0.5) is 0 Å². The Morgan fingerprint density at radius 1 is 1.06 bits per heavy atom. The molecule has 5 rings (SSSR count). The zero-order valence-corrected chi connectivity index (χ0v) is 19.4. The van der Waals surface area contributed by atoms with Crippen molar-refractivity contribution in [1.29, 1.82) is 0 Å². The Morgan fingerprint density at radius 3 is 2.56 bits per heavy atom. The largest absolute Gasteiger partial charge is 0.455 e. The first-order valence-electron chi connectivity index (χ1n) is 11.3. The van der Waals surface area contributed by atoms with Crippen LogP contribution in [0.25, 0.3) is 0 Å². The van der Waals surface area contributed by atoms with Gasteiger partial charge in [0.15, 0.2) is 0 Å². The van der Waals surface area contributed by atoms with Gasteiger partial charge in [-0.15, -0.1) is 16.4 Å². The van der Waals surface area contributed by atoms with Crippen molar-refractivity contribution >= 4 is 17.3 Å². The molecule has 4 aromatic rings. The molecular weight excluding hydrogens is 448 g/mol. The van der Waals surface area contributed by atoms with E-state index in [1.54, 1.807) is 46.5 Å². The van der Waals surface area contributed by atoms with Crippen LogP contribution in [-0.4, -0.2) is 43.6 Å². The number of thiophene rings is 1. The van der Waals surface area contributed by atoms with E-state index in [1.807, 2.05) is 24.3 Å². The van der Waals surface area contributed by atoms with Crippen molar-refractivity contribution in [2.45, 2.75) is 37.8 Å². The zero-order chi connectivity index (χ0) is 23.3. The summed E-state index contributed by atoms with van der Waals surface area (Å²) in [5.74, 6) is -0.402. The molecule has 2 aromatic heterocycles. The second kappa shape index (κ2) is 10.3. The van der Waals surface area contributed by atoms with Gasteiger partial charge in [0.1, 0.15) is 12.3 Å². The molecule has 1 aliphatic heterocycles. The van der Waals surface area contributed by atoms with Crippen LogP contribution in [0.1, 0.15) is 45.0 Å². The normalized spacial score (nSPS) is 20.8. The van der Waals surface area contributed by atoms with Gasteiger partial charge >= 0.3 is 5.97 Å². The first-order valence-corrected chi connectivity index (χ1v) is 12.2. The second-order valence-electron chi connectivity index (χ2n) is 8.44. The Morgan fingerprint density at radius 2 is 1.82 bits per heavy atom. The van der Waals surface area contributed by atoms with Crippen LogP contribution >= 0.6 is 11.3 Å². The van der Waals surface area contributed by atoms with E-state index in [0.29, 0.717) is 24.2 Å². The molecule has 0 spiro atoms. The Kier molecular flexibility index (Phi) is 6.80. The molecule has 34 heavy (non-hydrogen) atoms. The van der Waals surface area contributed by atoms with Crippen molar-refractivity contribution in [1.82, 2.24) is 19.9 Å². The third-order valence-corrected chi connectivity index (χ3v) is 7.01. The predicted molar refractivity (Wildman–Crippen MR) is 129 cm³/mol. The fourth-order valence-corrected chi connectivity index (χ4v) is 5.15. The number of aliphatic hydroxyl groups excluding tert-OH is 1. The summed E-state index contributed by atoms with van der Waals surface area (Å²) in [5.41, 5.74) is 2.24. The topological polar surface area (TPSA) is 80.5 Å². The summed E-state index contributed by atoms with van der Waals surface area (Å²) in [6.07, 6.45) is 1.78. The van der Waals surface area contributed by atoms with E-state index in [0.717, 1.165) is 6.54 Å². The number of aliphatic hydroxyl groups is 1. The van der Waals surface area contributed by atoms with Gasteiger partial charge < -0.3 is 9.84 Å². The molecule has 1 N–H and O–H groups in total. The van der Waals surface area contributed by atoms with E-state index >= 15 is 0 Å². The number of nitrogens with zero attached hydrogens (tertiary/aromatic N) is 4. The number of piperidine rings is 1. The average molecular weight is 475 g/mol. The number of carbonyl (C=O) groups excluding carboxylic acids is 1. The lowest BCUT2D eigenvalue weighted by Gasteiger charge is -2.42. The van der Waals surface area contributed by atoms with Gasteiger partial charge in [0.25, 0.3) is 0 Å². The third-order valence-electron chi connectivity index (χ3n) is 6.15. The molecule has 0 aliphatic carbocycles. The molecule has 1 saturated heterocycles. The molecule has 0 unspecified atom stereocenters. The molecule has 3 atom stereocenters. The van der Waals surface area contributed by atoms with Crippen molar-refractivity contribution < 1.29 is 14.6 Å². The molecule has 0 bridgehead atoms. The van der Waals surface area contributed by atoms with Crippen LogP contribution in [0.3, 0.4) is 0 Å². The van der Waals surface area contributed by atoms with E-state index in [1.165, 1.54) is 10.4 Å².